The van der Waals surface area contributed by atoms with Crippen LogP contribution in [0.25, 0.3) is 0 Å². The van der Waals surface area contributed by atoms with Crippen LogP contribution >= 0.6 is 9.24 Å². The van der Waals surface area contributed by atoms with Gasteiger partial charge in [-0.15, -0.1) is 9.24 Å². The van der Waals surface area contributed by atoms with E-state index in [2.05, 4.69) is 14.3 Å². The van der Waals surface area contributed by atoms with Gasteiger partial charge in [0.1, 0.15) is 17.9 Å². The number of rotatable bonds is 9. The number of allylic oxidation sites excluding steroid dienone is 2. The molecule has 9 nitrogen and oxygen atoms in total. The molecule has 3 amide bonds. The molecular formula is C23H30N5O4P. The number of anilines is 1. The second-order valence-electron chi connectivity index (χ2n) is 8.47. The van der Waals surface area contributed by atoms with Crippen molar-refractivity contribution in [3.8, 4) is 5.75 Å². The third-order valence-corrected chi connectivity index (χ3v) is 5.90. The van der Waals surface area contributed by atoms with Crippen LogP contribution in [0.2, 0.25) is 0 Å². The number of carbonyl (C=O) groups is 2. The number of aliphatic hydroxyl groups excluding tert-OH is 1. The lowest BCUT2D eigenvalue weighted by Crippen LogP contribution is -2.43. The zero-order valence-electron chi connectivity index (χ0n) is 19.3. The lowest BCUT2D eigenvalue weighted by molar-refractivity contribution is -0.123. The molecule has 33 heavy (non-hydrogen) atoms. The minimum Gasteiger partial charge on any atom is -0.491 e. The smallest absolute Gasteiger partial charge is 0.332 e. The highest BCUT2D eigenvalue weighted by Crippen LogP contribution is 2.33. The van der Waals surface area contributed by atoms with Gasteiger partial charge in [0.05, 0.1) is 25.0 Å². The van der Waals surface area contributed by atoms with Crippen molar-refractivity contribution in [3.05, 3.63) is 53.1 Å². The number of hydrogen-bond donors (Lipinski definition) is 2. The normalized spacial score (nSPS) is 16.3. The quantitative estimate of drug-likeness (QED) is 0.331. The summed E-state index contributed by atoms with van der Waals surface area (Å²) in [6.45, 7) is 7.75. The van der Waals surface area contributed by atoms with Crippen molar-refractivity contribution in [1.29, 1.82) is 5.41 Å². The SMILES string of the molecule is CC(=N)/C(Cn1cc(N2C(=O)N(Cc3cccc(OCCO)c3)C(C)(C)C2=O)cn1)=C(/C)P. The summed E-state index contributed by atoms with van der Waals surface area (Å²) in [5, 5.41) is 22.1. The van der Waals surface area contributed by atoms with Crippen molar-refractivity contribution < 1.29 is 19.4 Å². The van der Waals surface area contributed by atoms with E-state index in [0.29, 0.717) is 23.7 Å². The van der Waals surface area contributed by atoms with Gasteiger partial charge in [-0.05, 0) is 56.3 Å². The Kier molecular flexibility index (Phi) is 7.34. The van der Waals surface area contributed by atoms with Crippen LogP contribution in [0.4, 0.5) is 10.5 Å². The molecule has 1 atom stereocenters. The number of imide groups is 1. The fourth-order valence-electron chi connectivity index (χ4n) is 3.66. The van der Waals surface area contributed by atoms with Gasteiger partial charge in [-0.25, -0.2) is 9.69 Å². The summed E-state index contributed by atoms with van der Waals surface area (Å²) in [6, 6.07) is 6.82. The molecule has 0 spiro atoms. The van der Waals surface area contributed by atoms with Gasteiger partial charge in [-0.3, -0.25) is 9.48 Å². The van der Waals surface area contributed by atoms with Gasteiger partial charge in [0.15, 0.2) is 0 Å². The van der Waals surface area contributed by atoms with Crippen LogP contribution in [0.3, 0.4) is 0 Å². The Hall–Kier alpha value is -3.03. The summed E-state index contributed by atoms with van der Waals surface area (Å²) in [7, 11) is 2.60. The Morgan fingerprint density at radius 3 is 2.64 bits per heavy atom. The largest absolute Gasteiger partial charge is 0.491 e. The number of aliphatic hydroxyl groups is 1. The highest BCUT2D eigenvalue weighted by molar-refractivity contribution is 7.22. The van der Waals surface area contributed by atoms with E-state index in [4.69, 9.17) is 15.3 Å². The second-order valence-corrected chi connectivity index (χ2v) is 9.34. The van der Waals surface area contributed by atoms with Gasteiger partial charge < -0.3 is 20.2 Å². The number of nitrogens with zero attached hydrogens (tertiary/aromatic N) is 4. The number of urea groups is 1. The first-order chi connectivity index (χ1) is 15.6. The Labute approximate surface area is 195 Å². The Morgan fingerprint density at radius 1 is 1.27 bits per heavy atom. The molecule has 0 saturated carbocycles. The molecule has 0 bridgehead atoms. The molecule has 10 heteroatoms. The van der Waals surface area contributed by atoms with Gasteiger partial charge in [-0.2, -0.15) is 5.10 Å². The van der Waals surface area contributed by atoms with E-state index in [9.17, 15) is 9.59 Å². The minimum absolute atomic E-state index is 0.0909. The lowest BCUT2D eigenvalue weighted by atomic mass is 10.0. The number of hydrogen-bond acceptors (Lipinski definition) is 6. The fourth-order valence-corrected chi connectivity index (χ4v) is 3.97. The number of ether oxygens (including phenoxy) is 1. The zero-order chi connectivity index (χ0) is 24.3. The first-order valence-electron chi connectivity index (χ1n) is 10.6. The molecule has 3 rings (SSSR count). The Bertz CT molecular complexity index is 1100. The van der Waals surface area contributed by atoms with Gasteiger partial charge in [-0.1, -0.05) is 12.1 Å². The van der Waals surface area contributed by atoms with E-state index in [1.807, 2.05) is 19.1 Å². The summed E-state index contributed by atoms with van der Waals surface area (Å²) in [5.41, 5.74) is 1.41. The standard InChI is InChI=1S/C23H30N5O4P/c1-15(24)20(16(2)33)14-26-13-18(11-25-26)28-21(30)23(3,4)27(22(28)31)12-17-6-5-7-19(10-17)32-9-8-29/h5-7,10-11,13,24,29H,8-9,12,14,33H2,1-4H3/b20-16-,24-15?. The number of benzene rings is 1. The second kappa shape index (κ2) is 9.85. The van der Waals surface area contributed by atoms with Crippen LogP contribution < -0.4 is 9.64 Å². The molecule has 1 aromatic carbocycles. The maximum absolute atomic E-state index is 13.3. The number of amides is 3. The van der Waals surface area contributed by atoms with E-state index in [0.717, 1.165) is 21.4 Å². The number of nitrogens with one attached hydrogen (secondary N) is 1. The zero-order valence-corrected chi connectivity index (χ0v) is 20.5. The predicted octanol–water partition coefficient (Wildman–Crippen LogP) is 3.19. The van der Waals surface area contributed by atoms with Gasteiger partial charge in [0.25, 0.3) is 5.91 Å². The molecule has 2 N–H and O–H groups in total. The van der Waals surface area contributed by atoms with Gasteiger partial charge >= 0.3 is 6.03 Å². The third kappa shape index (κ3) is 5.15. The molecule has 0 radical (unpaired) electrons. The summed E-state index contributed by atoms with van der Waals surface area (Å²) >= 11 is 0. The van der Waals surface area contributed by atoms with Crippen LogP contribution in [-0.4, -0.2) is 56.2 Å². The molecule has 176 valence electrons. The summed E-state index contributed by atoms with van der Waals surface area (Å²) in [5.74, 6) is 0.256. The van der Waals surface area contributed by atoms with Crippen molar-refractivity contribution in [3.63, 3.8) is 0 Å². The summed E-state index contributed by atoms with van der Waals surface area (Å²) < 4.78 is 7.08. The minimum atomic E-state index is -1.05. The van der Waals surface area contributed by atoms with Crippen LogP contribution in [-0.2, 0) is 17.9 Å². The van der Waals surface area contributed by atoms with Crippen molar-refractivity contribution in [1.82, 2.24) is 14.7 Å². The molecule has 1 aliphatic heterocycles. The van der Waals surface area contributed by atoms with E-state index in [1.165, 1.54) is 11.1 Å². The third-order valence-electron chi connectivity index (χ3n) is 5.55. The van der Waals surface area contributed by atoms with Crippen molar-refractivity contribution in [2.24, 2.45) is 0 Å². The number of carbonyl (C=O) groups excluding carboxylic acids is 2. The predicted molar refractivity (Wildman–Crippen MR) is 130 cm³/mol. The van der Waals surface area contributed by atoms with Crippen LogP contribution in [0.1, 0.15) is 33.3 Å². The highest BCUT2D eigenvalue weighted by atomic mass is 31.0. The molecule has 2 heterocycles. The van der Waals surface area contributed by atoms with Gasteiger partial charge in [0, 0.05) is 18.5 Å². The van der Waals surface area contributed by atoms with E-state index in [1.54, 1.807) is 43.8 Å². The fraction of sp³-hybridized carbons (Fsp3) is 0.391. The van der Waals surface area contributed by atoms with Crippen molar-refractivity contribution in [2.45, 2.75) is 46.3 Å². The van der Waals surface area contributed by atoms with Gasteiger partial charge in [0.2, 0.25) is 0 Å². The van der Waals surface area contributed by atoms with E-state index >= 15 is 0 Å². The molecule has 1 saturated heterocycles. The van der Waals surface area contributed by atoms with Crippen molar-refractivity contribution in [2.75, 3.05) is 18.1 Å². The van der Waals surface area contributed by atoms with E-state index < -0.39 is 11.6 Å². The molecule has 1 unspecified atom stereocenters. The van der Waals surface area contributed by atoms with Crippen LogP contribution in [0.5, 0.6) is 5.75 Å². The summed E-state index contributed by atoms with van der Waals surface area (Å²) in [4.78, 5) is 29.2. The van der Waals surface area contributed by atoms with Crippen LogP contribution in [0, 0.1) is 5.41 Å². The Balaban J connectivity index is 1.83. The average molecular weight is 471 g/mol. The molecule has 0 aliphatic carbocycles. The molecule has 2 aromatic rings. The average Bonchev–Trinajstić information content (AvgIpc) is 3.27. The van der Waals surface area contributed by atoms with Crippen molar-refractivity contribution >= 4 is 32.6 Å². The monoisotopic (exact) mass is 471 g/mol. The first kappa shape index (κ1) is 24.6. The molecule has 1 aromatic heterocycles. The van der Waals surface area contributed by atoms with E-state index in [-0.39, 0.29) is 25.7 Å². The molecule has 1 fully saturated rings. The molecular weight excluding hydrogens is 441 g/mol. The maximum Gasteiger partial charge on any atom is 0.332 e. The lowest BCUT2D eigenvalue weighted by Gasteiger charge is -2.27. The van der Waals surface area contributed by atoms with Crippen LogP contribution in [0.15, 0.2) is 47.5 Å². The topological polar surface area (TPSA) is 112 Å². The maximum atomic E-state index is 13.3. The molecule has 1 aliphatic rings. The highest BCUT2D eigenvalue weighted by Gasteiger charge is 2.52. The number of aromatic nitrogens is 2. The first-order valence-corrected chi connectivity index (χ1v) is 11.2. The summed E-state index contributed by atoms with van der Waals surface area (Å²) in [6.07, 6.45) is 3.14. The Morgan fingerprint density at radius 2 is 2.00 bits per heavy atom.